The van der Waals surface area contributed by atoms with E-state index < -0.39 is 0 Å². The second-order valence-electron chi connectivity index (χ2n) is 4.63. The molecule has 1 N–H and O–H groups in total. The predicted octanol–water partition coefficient (Wildman–Crippen LogP) is 2.87. The van der Waals surface area contributed by atoms with Crippen molar-refractivity contribution in [1.82, 2.24) is 10.3 Å². The van der Waals surface area contributed by atoms with Crippen molar-refractivity contribution in [3.8, 4) is 0 Å². The Hall–Kier alpha value is -0.600. The van der Waals surface area contributed by atoms with Crippen LogP contribution in [0.2, 0.25) is 5.02 Å². The summed E-state index contributed by atoms with van der Waals surface area (Å²) in [7, 11) is 0. The van der Waals surface area contributed by atoms with Gasteiger partial charge in [-0.1, -0.05) is 32.4 Å². The number of pyridine rings is 1. The predicted molar refractivity (Wildman–Crippen MR) is 60.4 cm³/mol. The Morgan fingerprint density at radius 3 is 2.71 bits per heavy atom. The summed E-state index contributed by atoms with van der Waals surface area (Å²) in [6, 6.07) is 1.94. The van der Waals surface area contributed by atoms with E-state index in [1.54, 1.807) is 12.4 Å². The molecular weight excluding hydrogens is 196 g/mol. The Morgan fingerprint density at radius 1 is 1.43 bits per heavy atom. The minimum absolute atomic E-state index is 0.305. The van der Waals surface area contributed by atoms with Crippen molar-refractivity contribution in [3.63, 3.8) is 0 Å². The van der Waals surface area contributed by atoms with E-state index in [1.807, 2.05) is 6.07 Å². The Morgan fingerprint density at radius 2 is 2.14 bits per heavy atom. The fraction of sp³-hybridized carbons (Fsp3) is 0.545. The first-order valence-corrected chi connectivity index (χ1v) is 5.16. The largest absolute Gasteiger partial charge is 0.312 e. The Bertz CT molecular complexity index is 292. The van der Waals surface area contributed by atoms with Crippen LogP contribution in [-0.2, 0) is 6.54 Å². The molecule has 0 saturated heterocycles. The van der Waals surface area contributed by atoms with Crippen molar-refractivity contribution in [1.29, 1.82) is 0 Å². The second-order valence-corrected chi connectivity index (χ2v) is 5.04. The van der Waals surface area contributed by atoms with Gasteiger partial charge >= 0.3 is 0 Å². The van der Waals surface area contributed by atoms with Gasteiger partial charge < -0.3 is 5.32 Å². The lowest BCUT2D eigenvalue weighted by Crippen LogP contribution is -2.26. The molecule has 0 aliphatic carbocycles. The van der Waals surface area contributed by atoms with E-state index in [4.69, 9.17) is 11.6 Å². The summed E-state index contributed by atoms with van der Waals surface area (Å²) in [6.07, 6.45) is 3.44. The number of nitrogens with zero attached hydrogens (tertiary/aromatic N) is 1. The summed E-state index contributed by atoms with van der Waals surface area (Å²) in [5.74, 6) is 0. The van der Waals surface area contributed by atoms with Crippen LogP contribution in [0, 0.1) is 5.41 Å². The number of nitrogens with one attached hydrogen (secondary N) is 1. The third kappa shape index (κ3) is 4.07. The van der Waals surface area contributed by atoms with Crippen LogP contribution in [0.4, 0.5) is 0 Å². The molecule has 0 saturated carbocycles. The summed E-state index contributed by atoms with van der Waals surface area (Å²) in [5, 5.41) is 4.10. The molecule has 0 amide bonds. The van der Waals surface area contributed by atoms with Gasteiger partial charge in [0.1, 0.15) is 0 Å². The van der Waals surface area contributed by atoms with Gasteiger partial charge in [-0.05, 0) is 17.0 Å². The lowest BCUT2D eigenvalue weighted by atomic mass is 9.97. The van der Waals surface area contributed by atoms with Crippen LogP contribution in [-0.4, -0.2) is 11.5 Å². The number of aromatic nitrogens is 1. The molecule has 0 unspecified atom stereocenters. The van der Waals surface area contributed by atoms with E-state index in [1.165, 1.54) is 0 Å². The lowest BCUT2D eigenvalue weighted by Gasteiger charge is -2.18. The van der Waals surface area contributed by atoms with Gasteiger partial charge in [0.25, 0.3) is 0 Å². The molecule has 1 aromatic rings. The van der Waals surface area contributed by atoms with E-state index in [-0.39, 0.29) is 0 Å². The molecule has 1 aromatic heterocycles. The zero-order valence-electron chi connectivity index (χ0n) is 8.97. The van der Waals surface area contributed by atoms with E-state index in [0.29, 0.717) is 5.41 Å². The Kier molecular flexibility index (Phi) is 3.90. The van der Waals surface area contributed by atoms with Gasteiger partial charge in [0.15, 0.2) is 0 Å². The summed E-state index contributed by atoms with van der Waals surface area (Å²) < 4.78 is 0. The highest BCUT2D eigenvalue weighted by Gasteiger charge is 2.09. The van der Waals surface area contributed by atoms with Crippen molar-refractivity contribution in [2.45, 2.75) is 27.3 Å². The maximum Gasteiger partial charge on any atom is 0.0634 e. The molecule has 14 heavy (non-hydrogen) atoms. The molecule has 0 aliphatic heterocycles. The van der Waals surface area contributed by atoms with E-state index in [9.17, 15) is 0 Å². The smallest absolute Gasteiger partial charge is 0.0634 e. The molecule has 1 heterocycles. The van der Waals surface area contributed by atoms with Gasteiger partial charge in [0, 0.05) is 25.5 Å². The standard InChI is InChI=1S/C11H17ClN2/c1-11(2,3)8-14-6-9-4-5-13-7-10(9)12/h4-5,7,14H,6,8H2,1-3H3. The van der Waals surface area contributed by atoms with Gasteiger partial charge in [-0.3, -0.25) is 4.98 Å². The molecule has 3 heteroatoms. The van der Waals surface area contributed by atoms with Crippen LogP contribution >= 0.6 is 11.6 Å². The first-order valence-electron chi connectivity index (χ1n) is 4.78. The van der Waals surface area contributed by atoms with Crippen LogP contribution in [0.3, 0.4) is 0 Å². The van der Waals surface area contributed by atoms with Gasteiger partial charge in [0.2, 0.25) is 0 Å². The zero-order valence-corrected chi connectivity index (χ0v) is 9.73. The number of hydrogen-bond acceptors (Lipinski definition) is 2. The molecule has 2 nitrogen and oxygen atoms in total. The molecule has 0 aromatic carbocycles. The summed E-state index contributed by atoms with van der Waals surface area (Å²) in [6.45, 7) is 8.39. The molecular formula is C11H17ClN2. The maximum atomic E-state index is 5.97. The normalized spacial score (nSPS) is 11.7. The van der Waals surface area contributed by atoms with Crippen LogP contribution in [0.25, 0.3) is 0 Å². The number of hydrogen-bond donors (Lipinski definition) is 1. The summed E-state index contributed by atoms with van der Waals surface area (Å²) in [5.41, 5.74) is 1.41. The molecule has 0 radical (unpaired) electrons. The van der Waals surface area contributed by atoms with Gasteiger partial charge in [-0.2, -0.15) is 0 Å². The van der Waals surface area contributed by atoms with Crippen LogP contribution in [0.5, 0.6) is 0 Å². The third-order valence-corrected chi connectivity index (χ3v) is 2.17. The van der Waals surface area contributed by atoms with E-state index >= 15 is 0 Å². The second kappa shape index (κ2) is 4.76. The molecule has 0 spiro atoms. The average molecular weight is 213 g/mol. The molecule has 1 rings (SSSR count). The molecule has 0 atom stereocenters. The van der Waals surface area contributed by atoms with Gasteiger partial charge in [0.05, 0.1) is 5.02 Å². The van der Waals surface area contributed by atoms with Crippen molar-refractivity contribution in [3.05, 3.63) is 29.0 Å². The highest BCUT2D eigenvalue weighted by atomic mass is 35.5. The van der Waals surface area contributed by atoms with Crippen molar-refractivity contribution >= 4 is 11.6 Å². The van der Waals surface area contributed by atoms with Crippen molar-refractivity contribution < 1.29 is 0 Å². The van der Waals surface area contributed by atoms with E-state index in [2.05, 4.69) is 31.1 Å². The van der Waals surface area contributed by atoms with E-state index in [0.717, 1.165) is 23.7 Å². The molecule has 0 bridgehead atoms. The Balaban J connectivity index is 2.43. The number of halogens is 1. The SMILES string of the molecule is CC(C)(C)CNCc1ccncc1Cl. The minimum atomic E-state index is 0.305. The highest BCUT2D eigenvalue weighted by Crippen LogP contribution is 2.14. The quantitative estimate of drug-likeness (QED) is 0.834. The highest BCUT2D eigenvalue weighted by molar-refractivity contribution is 6.31. The molecule has 0 fully saturated rings. The topological polar surface area (TPSA) is 24.9 Å². The van der Waals surface area contributed by atoms with Gasteiger partial charge in [-0.25, -0.2) is 0 Å². The zero-order chi connectivity index (χ0) is 10.6. The number of rotatable bonds is 3. The fourth-order valence-corrected chi connectivity index (χ4v) is 1.31. The van der Waals surface area contributed by atoms with Gasteiger partial charge in [-0.15, -0.1) is 0 Å². The van der Waals surface area contributed by atoms with Crippen LogP contribution in [0.1, 0.15) is 26.3 Å². The summed E-state index contributed by atoms with van der Waals surface area (Å²) >= 11 is 5.97. The maximum absolute atomic E-state index is 5.97. The monoisotopic (exact) mass is 212 g/mol. The Labute approximate surface area is 90.7 Å². The van der Waals surface area contributed by atoms with Crippen LogP contribution < -0.4 is 5.32 Å². The molecule has 78 valence electrons. The molecule has 0 aliphatic rings. The van der Waals surface area contributed by atoms with Crippen molar-refractivity contribution in [2.24, 2.45) is 5.41 Å². The summed E-state index contributed by atoms with van der Waals surface area (Å²) in [4.78, 5) is 3.94. The average Bonchev–Trinajstić information content (AvgIpc) is 2.06. The van der Waals surface area contributed by atoms with Crippen molar-refractivity contribution in [2.75, 3.05) is 6.54 Å². The fourth-order valence-electron chi connectivity index (χ4n) is 1.12. The lowest BCUT2D eigenvalue weighted by molar-refractivity contribution is 0.379. The first kappa shape index (κ1) is 11.5. The first-order chi connectivity index (χ1) is 6.49. The third-order valence-electron chi connectivity index (χ3n) is 1.83. The van der Waals surface area contributed by atoms with Crippen LogP contribution in [0.15, 0.2) is 18.5 Å². The minimum Gasteiger partial charge on any atom is -0.312 e.